The van der Waals surface area contributed by atoms with Gasteiger partial charge in [0.1, 0.15) is 5.82 Å². The molecule has 94 valence electrons. The summed E-state index contributed by atoms with van der Waals surface area (Å²) < 4.78 is 5.63. The molecule has 4 heteroatoms. The monoisotopic (exact) mass is 235 g/mol. The van der Waals surface area contributed by atoms with Crippen LogP contribution in [0.25, 0.3) is 0 Å². The van der Waals surface area contributed by atoms with Gasteiger partial charge in [-0.2, -0.15) is 0 Å². The first-order chi connectivity index (χ1) is 8.16. The van der Waals surface area contributed by atoms with Crippen LogP contribution >= 0.6 is 0 Å². The van der Waals surface area contributed by atoms with Crippen LogP contribution < -0.4 is 10.6 Å². The summed E-state index contributed by atoms with van der Waals surface area (Å²) >= 11 is 0. The van der Waals surface area contributed by atoms with Gasteiger partial charge in [0, 0.05) is 32.4 Å². The van der Waals surface area contributed by atoms with Crippen molar-refractivity contribution >= 4 is 5.82 Å². The Labute approximate surface area is 103 Å². The zero-order chi connectivity index (χ0) is 12.3. The largest absolute Gasteiger partial charge is 0.376 e. The SMILES string of the molecule is CC(N)c1ccnc(N(C)CC2CCCO2)c1. The minimum atomic E-state index is 0.0490. The van der Waals surface area contributed by atoms with Crippen molar-refractivity contribution in [1.29, 1.82) is 0 Å². The molecule has 0 bridgehead atoms. The molecular formula is C13H21N3O. The number of nitrogens with zero attached hydrogens (tertiary/aromatic N) is 2. The van der Waals surface area contributed by atoms with Crippen LogP contribution in [0.1, 0.15) is 31.4 Å². The number of aromatic nitrogens is 1. The Balaban J connectivity index is 2.02. The van der Waals surface area contributed by atoms with Gasteiger partial charge in [-0.25, -0.2) is 4.98 Å². The average molecular weight is 235 g/mol. The summed E-state index contributed by atoms with van der Waals surface area (Å²) in [6, 6.07) is 4.07. The van der Waals surface area contributed by atoms with Gasteiger partial charge in [0.15, 0.2) is 0 Å². The van der Waals surface area contributed by atoms with Crippen molar-refractivity contribution in [1.82, 2.24) is 4.98 Å². The van der Waals surface area contributed by atoms with E-state index in [4.69, 9.17) is 10.5 Å². The standard InChI is InChI=1S/C13H21N3O/c1-10(14)11-5-6-15-13(8-11)16(2)9-12-4-3-7-17-12/h5-6,8,10,12H,3-4,7,9,14H2,1-2H3. The Kier molecular flexibility index (Phi) is 3.97. The molecule has 4 nitrogen and oxygen atoms in total. The second-order valence-electron chi connectivity index (χ2n) is 4.75. The van der Waals surface area contributed by atoms with Gasteiger partial charge in [0.25, 0.3) is 0 Å². The highest BCUT2D eigenvalue weighted by Crippen LogP contribution is 2.18. The Morgan fingerprint density at radius 1 is 1.65 bits per heavy atom. The molecule has 0 aliphatic carbocycles. The molecule has 1 aromatic heterocycles. The molecule has 2 rings (SSSR count). The van der Waals surface area contributed by atoms with E-state index in [1.165, 1.54) is 6.42 Å². The van der Waals surface area contributed by atoms with Crippen LogP contribution in [-0.4, -0.2) is 31.3 Å². The van der Waals surface area contributed by atoms with Crippen molar-refractivity contribution in [2.45, 2.75) is 31.9 Å². The van der Waals surface area contributed by atoms with Gasteiger partial charge in [-0.1, -0.05) is 0 Å². The molecule has 2 unspecified atom stereocenters. The van der Waals surface area contributed by atoms with E-state index >= 15 is 0 Å². The summed E-state index contributed by atoms with van der Waals surface area (Å²) in [6.45, 7) is 3.78. The van der Waals surface area contributed by atoms with E-state index in [1.807, 2.05) is 19.2 Å². The van der Waals surface area contributed by atoms with Gasteiger partial charge >= 0.3 is 0 Å². The molecule has 0 amide bonds. The molecule has 17 heavy (non-hydrogen) atoms. The lowest BCUT2D eigenvalue weighted by atomic mass is 10.1. The predicted octanol–water partition coefficient (Wildman–Crippen LogP) is 1.72. The highest BCUT2D eigenvalue weighted by atomic mass is 16.5. The first kappa shape index (κ1) is 12.3. The number of pyridine rings is 1. The van der Waals surface area contributed by atoms with E-state index in [0.29, 0.717) is 6.10 Å². The zero-order valence-electron chi connectivity index (χ0n) is 10.6. The fraction of sp³-hybridized carbons (Fsp3) is 0.615. The van der Waals surface area contributed by atoms with E-state index < -0.39 is 0 Å². The van der Waals surface area contributed by atoms with Crippen LogP contribution in [-0.2, 0) is 4.74 Å². The van der Waals surface area contributed by atoms with Gasteiger partial charge < -0.3 is 15.4 Å². The lowest BCUT2D eigenvalue weighted by Crippen LogP contribution is -2.29. The van der Waals surface area contributed by atoms with Gasteiger partial charge in [-0.15, -0.1) is 0 Å². The first-order valence-electron chi connectivity index (χ1n) is 6.21. The molecule has 0 aromatic carbocycles. The summed E-state index contributed by atoms with van der Waals surface area (Å²) in [5.41, 5.74) is 6.99. The van der Waals surface area contributed by atoms with Crippen LogP contribution in [0.15, 0.2) is 18.3 Å². The Morgan fingerprint density at radius 2 is 2.47 bits per heavy atom. The highest BCUT2D eigenvalue weighted by molar-refractivity contribution is 5.41. The molecule has 0 saturated carbocycles. The van der Waals surface area contributed by atoms with E-state index in [1.54, 1.807) is 0 Å². The van der Waals surface area contributed by atoms with Crippen molar-refractivity contribution in [3.05, 3.63) is 23.9 Å². The van der Waals surface area contributed by atoms with E-state index in [2.05, 4.69) is 23.0 Å². The zero-order valence-corrected chi connectivity index (χ0v) is 10.6. The van der Waals surface area contributed by atoms with Crippen molar-refractivity contribution in [3.63, 3.8) is 0 Å². The number of rotatable bonds is 4. The Hall–Kier alpha value is -1.13. The topological polar surface area (TPSA) is 51.4 Å². The summed E-state index contributed by atoms with van der Waals surface area (Å²) in [7, 11) is 2.05. The van der Waals surface area contributed by atoms with Crippen molar-refractivity contribution in [3.8, 4) is 0 Å². The fourth-order valence-corrected chi connectivity index (χ4v) is 2.11. The minimum Gasteiger partial charge on any atom is -0.376 e. The molecule has 0 radical (unpaired) electrons. The number of nitrogens with two attached hydrogens (primary N) is 1. The quantitative estimate of drug-likeness (QED) is 0.863. The lowest BCUT2D eigenvalue weighted by Gasteiger charge is -2.22. The fourth-order valence-electron chi connectivity index (χ4n) is 2.11. The van der Waals surface area contributed by atoms with E-state index in [0.717, 1.165) is 31.0 Å². The van der Waals surface area contributed by atoms with Crippen LogP contribution in [0, 0.1) is 0 Å². The number of likely N-dealkylation sites (N-methyl/N-ethyl adjacent to an activating group) is 1. The third kappa shape index (κ3) is 3.17. The number of ether oxygens (including phenoxy) is 1. The third-order valence-electron chi connectivity index (χ3n) is 3.19. The Bertz CT molecular complexity index is 361. The predicted molar refractivity (Wildman–Crippen MR) is 69.1 cm³/mol. The number of anilines is 1. The van der Waals surface area contributed by atoms with Crippen LogP contribution in [0.4, 0.5) is 5.82 Å². The smallest absolute Gasteiger partial charge is 0.128 e. The van der Waals surface area contributed by atoms with Gasteiger partial charge in [-0.3, -0.25) is 0 Å². The molecule has 2 N–H and O–H groups in total. The molecule has 1 saturated heterocycles. The van der Waals surface area contributed by atoms with Crippen LogP contribution in [0.2, 0.25) is 0 Å². The van der Waals surface area contributed by atoms with Crippen LogP contribution in [0.5, 0.6) is 0 Å². The normalized spacial score (nSPS) is 21.5. The number of hydrogen-bond acceptors (Lipinski definition) is 4. The third-order valence-corrected chi connectivity index (χ3v) is 3.19. The van der Waals surface area contributed by atoms with Gasteiger partial charge in [0.05, 0.1) is 6.10 Å². The maximum absolute atomic E-state index is 5.88. The van der Waals surface area contributed by atoms with Crippen molar-refractivity contribution in [2.75, 3.05) is 25.1 Å². The van der Waals surface area contributed by atoms with Crippen LogP contribution in [0.3, 0.4) is 0 Å². The summed E-state index contributed by atoms with van der Waals surface area (Å²) in [5, 5.41) is 0. The molecule has 0 spiro atoms. The van der Waals surface area contributed by atoms with Crippen molar-refractivity contribution < 1.29 is 4.74 Å². The maximum Gasteiger partial charge on any atom is 0.128 e. The molecule has 2 atom stereocenters. The molecule has 2 heterocycles. The van der Waals surface area contributed by atoms with Crippen molar-refractivity contribution in [2.24, 2.45) is 5.73 Å². The lowest BCUT2D eigenvalue weighted by molar-refractivity contribution is 0.116. The minimum absolute atomic E-state index is 0.0490. The van der Waals surface area contributed by atoms with E-state index in [9.17, 15) is 0 Å². The summed E-state index contributed by atoms with van der Waals surface area (Å²) in [5.74, 6) is 0.968. The molecule has 1 aromatic rings. The maximum atomic E-state index is 5.88. The molecular weight excluding hydrogens is 214 g/mol. The molecule has 1 aliphatic rings. The molecule has 1 aliphatic heterocycles. The second-order valence-corrected chi connectivity index (χ2v) is 4.75. The molecule has 1 fully saturated rings. The second kappa shape index (κ2) is 5.47. The highest BCUT2D eigenvalue weighted by Gasteiger charge is 2.18. The summed E-state index contributed by atoms with van der Waals surface area (Å²) in [6.07, 6.45) is 4.49. The first-order valence-corrected chi connectivity index (χ1v) is 6.21. The van der Waals surface area contributed by atoms with Gasteiger partial charge in [-0.05, 0) is 37.5 Å². The average Bonchev–Trinajstić information content (AvgIpc) is 2.82. The summed E-state index contributed by atoms with van der Waals surface area (Å²) in [4.78, 5) is 6.52. The van der Waals surface area contributed by atoms with E-state index in [-0.39, 0.29) is 6.04 Å². The Morgan fingerprint density at radius 3 is 3.12 bits per heavy atom. The number of hydrogen-bond donors (Lipinski definition) is 1. The van der Waals surface area contributed by atoms with Gasteiger partial charge in [0.2, 0.25) is 0 Å².